The lowest BCUT2D eigenvalue weighted by molar-refractivity contribution is 0.102. The van der Waals surface area contributed by atoms with Gasteiger partial charge in [-0.3, -0.25) is 4.79 Å². The first kappa shape index (κ1) is 16.1. The highest BCUT2D eigenvalue weighted by atomic mass is 16.5. The van der Waals surface area contributed by atoms with Gasteiger partial charge in [-0.2, -0.15) is 0 Å². The van der Waals surface area contributed by atoms with Crippen molar-refractivity contribution in [3.63, 3.8) is 0 Å². The average Bonchev–Trinajstić information content (AvgIpc) is 3.20. The zero-order valence-corrected chi connectivity index (χ0v) is 14.8. The van der Waals surface area contributed by atoms with E-state index in [4.69, 9.17) is 9.51 Å². The molecule has 0 fully saturated rings. The summed E-state index contributed by atoms with van der Waals surface area (Å²) >= 11 is 0. The first-order chi connectivity index (χ1) is 12.5. The Bertz CT molecular complexity index is 1090. The maximum atomic E-state index is 12.4. The Morgan fingerprint density at radius 3 is 2.54 bits per heavy atom. The largest absolute Gasteiger partial charge is 0.361 e. The van der Waals surface area contributed by atoms with Crippen molar-refractivity contribution in [1.82, 2.24) is 14.5 Å². The second kappa shape index (κ2) is 6.15. The Labute approximate surface area is 150 Å². The molecule has 4 aromatic rings. The van der Waals surface area contributed by atoms with Crippen molar-refractivity contribution in [1.29, 1.82) is 0 Å². The van der Waals surface area contributed by atoms with Crippen molar-refractivity contribution < 1.29 is 9.32 Å². The van der Waals surface area contributed by atoms with Gasteiger partial charge in [0.1, 0.15) is 17.0 Å². The van der Waals surface area contributed by atoms with Crippen LogP contribution in [-0.2, 0) is 0 Å². The molecule has 26 heavy (non-hydrogen) atoms. The van der Waals surface area contributed by atoms with Gasteiger partial charge < -0.3 is 14.2 Å². The van der Waals surface area contributed by atoms with Crippen molar-refractivity contribution in [3.8, 4) is 11.3 Å². The van der Waals surface area contributed by atoms with Gasteiger partial charge in [-0.15, -0.1) is 0 Å². The molecule has 0 aliphatic rings. The predicted molar refractivity (Wildman–Crippen MR) is 99.3 cm³/mol. The summed E-state index contributed by atoms with van der Waals surface area (Å²) in [6.07, 6.45) is 3.98. The molecule has 1 aromatic carbocycles. The summed E-state index contributed by atoms with van der Waals surface area (Å²) in [5.41, 5.74) is 5.71. The fraction of sp³-hybridized carbons (Fsp3) is 0.150. The predicted octanol–water partition coefficient (Wildman–Crippen LogP) is 4.17. The van der Waals surface area contributed by atoms with Crippen LogP contribution in [0.1, 0.15) is 27.4 Å². The highest BCUT2D eigenvalue weighted by Gasteiger charge is 2.17. The Morgan fingerprint density at radius 1 is 1.12 bits per heavy atom. The number of benzene rings is 1. The van der Waals surface area contributed by atoms with Gasteiger partial charge in [-0.05, 0) is 44.5 Å². The number of fused-ring (bicyclic) bond motifs is 1. The Morgan fingerprint density at radius 2 is 1.88 bits per heavy atom. The molecule has 0 unspecified atom stereocenters. The number of pyridine rings is 1. The number of nitrogens with zero attached hydrogens (tertiary/aromatic N) is 3. The quantitative estimate of drug-likeness (QED) is 0.604. The summed E-state index contributed by atoms with van der Waals surface area (Å²) < 4.78 is 7.06. The minimum atomic E-state index is -0.225. The van der Waals surface area contributed by atoms with Crippen LogP contribution in [0.3, 0.4) is 0 Å². The molecule has 6 nitrogen and oxygen atoms in total. The lowest BCUT2D eigenvalue weighted by atomic mass is 10.1. The van der Waals surface area contributed by atoms with Crippen LogP contribution in [0.4, 0.5) is 5.69 Å². The van der Waals surface area contributed by atoms with E-state index in [0.29, 0.717) is 22.7 Å². The topological polar surface area (TPSA) is 72.4 Å². The molecule has 0 bridgehead atoms. The molecule has 0 spiro atoms. The molecule has 1 N–H and O–H groups in total. The van der Waals surface area contributed by atoms with Gasteiger partial charge >= 0.3 is 0 Å². The van der Waals surface area contributed by atoms with Gasteiger partial charge in [0, 0.05) is 23.6 Å². The van der Waals surface area contributed by atoms with E-state index in [-0.39, 0.29) is 5.91 Å². The van der Waals surface area contributed by atoms with Crippen molar-refractivity contribution in [2.75, 3.05) is 5.32 Å². The Hall–Kier alpha value is -3.41. The standard InChI is InChI=1S/C20H18N4O2/c1-12-5-4-10-24-11-17(22-19(12)24)15-6-8-16(9-7-15)21-20(25)18-13(2)23-26-14(18)3/h4-11H,1-3H3,(H,21,25). The first-order valence-electron chi connectivity index (χ1n) is 8.32. The van der Waals surface area contributed by atoms with Gasteiger partial charge in [0.2, 0.25) is 0 Å². The molecule has 0 saturated carbocycles. The second-order valence-electron chi connectivity index (χ2n) is 6.28. The molecule has 6 heteroatoms. The molecule has 0 saturated heterocycles. The number of aryl methyl sites for hydroxylation is 3. The van der Waals surface area contributed by atoms with Gasteiger partial charge in [0.05, 0.1) is 11.4 Å². The monoisotopic (exact) mass is 346 g/mol. The number of hydrogen-bond donors (Lipinski definition) is 1. The van der Waals surface area contributed by atoms with Crippen LogP contribution in [0.5, 0.6) is 0 Å². The van der Waals surface area contributed by atoms with Crippen LogP contribution in [-0.4, -0.2) is 20.4 Å². The number of anilines is 1. The van der Waals surface area contributed by atoms with Crippen LogP contribution in [0.2, 0.25) is 0 Å². The van der Waals surface area contributed by atoms with E-state index < -0.39 is 0 Å². The lowest BCUT2D eigenvalue weighted by Gasteiger charge is -2.05. The number of amides is 1. The zero-order valence-electron chi connectivity index (χ0n) is 14.8. The van der Waals surface area contributed by atoms with Gasteiger partial charge in [-0.1, -0.05) is 23.4 Å². The maximum absolute atomic E-state index is 12.4. The smallest absolute Gasteiger partial charge is 0.261 e. The minimum Gasteiger partial charge on any atom is -0.361 e. The third-order valence-electron chi connectivity index (χ3n) is 4.38. The number of carbonyl (C=O) groups is 1. The zero-order chi connectivity index (χ0) is 18.3. The van der Waals surface area contributed by atoms with E-state index in [9.17, 15) is 4.79 Å². The van der Waals surface area contributed by atoms with Crippen LogP contribution in [0.25, 0.3) is 16.9 Å². The number of imidazole rings is 1. The van der Waals surface area contributed by atoms with E-state index in [1.165, 1.54) is 0 Å². The van der Waals surface area contributed by atoms with E-state index >= 15 is 0 Å². The van der Waals surface area contributed by atoms with Gasteiger partial charge in [-0.25, -0.2) is 4.98 Å². The molecule has 0 atom stereocenters. The number of hydrogen-bond acceptors (Lipinski definition) is 4. The van der Waals surface area contributed by atoms with Crippen molar-refractivity contribution >= 4 is 17.2 Å². The molecule has 0 aliphatic carbocycles. The normalized spacial score (nSPS) is 11.0. The highest BCUT2D eigenvalue weighted by molar-refractivity contribution is 6.05. The Balaban J connectivity index is 1.58. The summed E-state index contributed by atoms with van der Waals surface area (Å²) in [4.78, 5) is 17.1. The van der Waals surface area contributed by atoms with Crippen molar-refractivity contribution in [2.24, 2.45) is 0 Å². The molecule has 4 rings (SSSR count). The number of aromatic nitrogens is 3. The minimum absolute atomic E-state index is 0.225. The number of carbonyl (C=O) groups excluding carboxylic acids is 1. The fourth-order valence-electron chi connectivity index (χ4n) is 3.02. The molecule has 1 amide bonds. The van der Waals surface area contributed by atoms with Crippen molar-refractivity contribution in [3.05, 3.63) is 71.4 Å². The van der Waals surface area contributed by atoms with Crippen LogP contribution >= 0.6 is 0 Å². The summed E-state index contributed by atoms with van der Waals surface area (Å²) in [7, 11) is 0. The van der Waals surface area contributed by atoms with Crippen molar-refractivity contribution in [2.45, 2.75) is 20.8 Å². The molecule has 0 aliphatic heterocycles. The van der Waals surface area contributed by atoms with Crippen LogP contribution in [0.15, 0.2) is 53.3 Å². The molecule has 0 radical (unpaired) electrons. The molecule has 3 aromatic heterocycles. The molecular weight excluding hydrogens is 328 g/mol. The summed E-state index contributed by atoms with van der Waals surface area (Å²) in [6, 6.07) is 11.7. The van der Waals surface area contributed by atoms with Crippen LogP contribution < -0.4 is 5.32 Å². The van der Waals surface area contributed by atoms with E-state index in [1.807, 2.05) is 60.1 Å². The Kier molecular flexibility index (Phi) is 3.80. The SMILES string of the molecule is Cc1noc(C)c1C(=O)Nc1ccc(-c2cn3cccc(C)c3n2)cc1. The highest BCUT2D eigenvalue weighted by Crippen LogP contribution is 2.23. The van der Waals surface area contributed by atoms with E-state index in [2.05, 4.69) is 10.5 Å². The molecule has 3 heterocycles. The second-order valence-corrected chi connectivity index (χ2v) is 6.28. The summed E-state index contributed by atoms with van der Waals surface area (Å²) in [5.74, 6) is 0.286. The van der Waals surface area contributed by atoms with Crippen LogP contribution in [0, 0.1) is 20.8 Å². The number of nitrogens with one attached hydrogen (secondary N) is 1. The van der Waals surface area contributed by atoms with Gasteiger partial charge in [0.15, 0.2) is 0 Å². The average molecular weight is 346 g/mol. The third kappa shape index (κ3) is 2.75. The van der Waals surface area contributed by atoms with E-state index in [1.54, 1.807) is 13.8 Å². The first-order valence-corrected chi connectivity index (χ1v) is 8.32. The number of rotatable bonds is 3. The third-order valence-corrected chi connectivity index (χ3v) is 4.38. The summed E-state index contributed by atoms with van der Waals surface area (Å²) in [5, 5.41) is 6.69. The molecular formula is C20H18N4O2. The lowest BCUT2D eigenvalue weighted by Crippen LogP contribution is -2.13. The van der Waals surface area contributed by atoms with Gasteiger partial charge in [0.25, 0.3) is 5.91 Å². The summed E-state index contributed by atoms with van der Waals surface area (Å²) in [6.45, 7) is 5.52. The molecule has 130 valence electrons. The van der Waals surface area contributed by atoms with E-state index in [0.717, 1.165) is 22.5 Å². The fourth-order valence-corrected chi connectivity index (χ4v) is 3.02. The maximum Gasteiger partial charge on any atom is 0.261 e.